The lowest BCUT2D eigenvalue weighted by molar-refractivity contribution is 0.954. The Morgan fingerprint density at radius 2 is 0.710 bits per heavy atom. The maximum Gasteiger partial charge on any atom is 0.238 e. The highest BCUT2D eigenvalue weighted by Gasteiger charge is 2.21. The van der Waals surface area contributed by atoms with Crippen molar-refractivity contribution >= 4 is 43.6 Å². The molecule has 12 aromatic rings. The summed E-state index contributed by atoms with van der Waals surface area (Å²) < 4.78 is 4.59. The molecule has 0 aliphatic carbocycles. The van der Waals surface area contributed by atoms with Gasteiger partial charge in [0.2, 0.25) is 5.95 Å². The summed E-state index contributed by atoms with van der Waals surface area (Å²) in [5, 5.41) is 4.53. The fourth-order valence-corrected chi connectivity index (χ4v) is 8.85. The van der Waals surface area contributed by atoms with Gasteiger partial charge in [-0.3, -0.25) is 4.57 Å². The van der Waals surface area contributed by atoms with E-state index in [-0.39, 0.29) is 0 Å². The summed E-state index contributed by atoms with van der Waals surface area (Å²) in [4.78, 5) is 20.7. The lowest BCUT2D eigenvalue weighted by Crippen LogP contribution is -2.06. The van der Waals surface area contributed by atoms with Gasteiger partial charge in [-0.2, -0.15) is 9.97 Å². The Kier molecular flexibility index (Phi) is 8.38. The molecule has 0 aliphatic heterocycles. The third-order valence-corrected chi connectivity index (χ3v) is 11.8. The summed E-state index contributed by atoms with van der Waals surface area (Å²) in [6.07, 6.45) is 0. The molecule has 0 amide bonds. The summed E-state index contributed by atoms with van der Waals surface area (Å²) >= 11 is 0. The van der Waals surface area contributed by atoms with E-state index in [0.717, 1.165) is 94.1 Å². The second kappa shape index (κ2) is 14.7. The number of benzene rings is 8. The minimum absolute atomic E-state index is 0.563. The van der Waals surface area contributed by atoms with Crippen molar-refractivity contribution in [1.29, 1.82) is 0 Å². The van der Waals surface area contributed by atoms with Crippen LogP contribution >= 0.6 is 0 Å². The van der Waals surface area contributed by atoms with Crippen LogP contribution in [0.1, 0.15) is 0 Å². The van der Waals surface area contributed by atoms with Gasteiger partial charge in [0.25, 0.3) is 0 Å². The molecular weight excluding hydrogens is 757 g/mol. The SMILES string of the molecule is c1ccc(-c2ccc(-c3nc(-c4ccccc4)nc(-n4c5ccccc5c5cc6c(cc54)c4ccccc4n6-c4cccc(-c5cccc(-c6ccccc6)n5)c4)n3)cc2)cc1. The van der Waals surface area contributed by atoms with Crippen molar-refractivity contribution in [3.05, 3.63) is 218 Å². The molecule has 4 heterocycles. The number of para-hydroxylation sites is 2. The van der Waals surface area contributed by atoms with Crippen molar-refractivity contribution in [2.45, 2.75) is 0 Å². The van der Waals surface area contributed by atoms with Crippen LogP contribution in [0.15, 0.2) is 218 Å². The molecule has 0 saturated carbocycles. The summed E-state index contributed by atoms with van der Waals surface area (Å²) in [6, 6.07) is 76.2. The Labute approximate surface area is 357 Å². The Morgan fingerprint density at radius 1 is 0.258 bits per heavy atom. The Hall–Kier alpha value is -8.48. The maximum absolute atomic E-state index is 5.26. The van der Waals surface area contributed by atoms with Gasteiger partial charge in [0.15, 0.2) is 11.6 Å². The van der Waals surface area contributed by atoms with Gasteiger partial charge < -0.3 is 4.57 Å². The van der Waals surface area contributed by atoms with E-state index in [4.69, 9.17) is 19.9 Å². The predicted octanol–water partition coefficient (Wildman–Crippen LogP) is 13.8. The van der Waals surface area contributed by atoms with Gasteiger partial charge in [-0.1, -0.05) is 170 Å². The first kappa shape index (κ1) is 35.5. The van der Waals surface area contributed by atoms with Crippen LogP contribution in [-0.4, -0.2) is 29.1 Å². The second-order valence-corrected chi connectivity index (χ2v) is 15.5. The number of fused-ring (bicyclic) bond motifs is 6. The van der Waals surface area contributed by atoms with Crippen LogP contribution in [0.4, 0.5) is 0 Å². The monoisotopic (exact) mass is 792 g/mol. The third kappa shape index (κ3) is 6.04. The van der Waals surface area contributed by atoms with Gasteiger partial charge in [0.1, 0.15) is 0 Å². The Morgan fingerprint density at radius 3 is 1.35 bits per heavy atom. The van der Waals surface area contributed by atoms with Gasteiger partial charge in [-0.15, -0.1) is 0 Å². The summed E-state index contributed by atoms with van der Waals surface area (Å²) in [7, 11) is 0. The van der Waals surface area contributed by atoms with E-state index < -0.39 is 0 Å². The standard InChI is InChI=1S/C56H36N6/c1-4-16-37(17-5-1)38-30-32-41(33-31-38)55-58-54(40-20-8-3-9-21-40)59-56(60-55)62-51-29-13-11-25-45(51)47-35-52-46(36-53(47)62)44-24-10-12-28-50(44)61(52)43-23-14-22-42(34-43)49-27-15-26-48(57-49)39-18-6-2-7-19-39/h1-36H. The minimum atomic E-state index is 0.563. The number of nitrogens with zero attached hydrogens (tertiary/aromatic N) is 6. The summed E-state index contributed by atoms with van der Waals surface area (Å²) in [5.41, 5.74) is 13.5. The molecule has 6 nitrogen and oxygen atoms in total. The average molecular weight is 793 g/mol. The molecule has 4 aromatic heterocycles. The van der Waals surface area contributed by atoms with Crippen molar-refractivity contribution < 1.29 is 0 Å². The van der Waals surface area contributed by atoms with Crippen LogP contribution < -0.4 is 0 Å². The van der Waals surface area contributed by atoms with Crippen LogP contribution in [0.3, 0.4) is 0 Å². The highest BCUT2D eigenvalue weighted by molar-refractivity contribution is 6.19. The quantitative estimate of drug-likeness (QED) is 0.161. The van der Waals surface area contributed by atoms with E-state index in [9.17, 15) is 0 Å². The summed E-state index contributed by atoms with van der Waals surface area (Å²) in [5.74, 6) is 1.79. The zero-order valence-electron chi connectivity index (χ0n) is 33.5. The molecule has 0 radical (unpaired) electrons. The number of pyridine rings is 1. The van der Waals surface area contributed by atoms with E-state index in [2.05, 4.69) is 197 Å². The molecular formula is C56H36N6. The van der Waals surface area contributed by atoms with E-state index in [1.807, 2.05) is 30.3 Å². The number of aromatic nitrogens is 6. The molecule has 290 valence electrons. The molecule has 0 aliphatic rings. The topological polar surface area (TPSA) is 61.4 Å². The first-order valence-electron chi connectivity index (χ1n) is 20.8. The van der Waals surface area contributed by atoms with Crippen LogP contribution in [0.25, 0.3) is 112 Å². The highest BCUT2D eigenvalue weighted by Crippen LogP contribution is 2.40. The van der Waals surface area contributed by atoms with Crippen molar-refractivity contribution in [3.8, 4) is 68.1 Å². The molecule has 6 heteroatoms. The molecule has 0 bridgehead atoms. The largest absolute Gasteiger partial charge is 0.309 e. The number of rotatable bonds is 7. The Balaban J connectivity index is 1.05. The number of hydrogen-bond acceptors (Lipinski definition) is 4. The second-order valence-electron chi connectivity index (χ2n) is 15.5. The van der Waals surface area contributed by atoms with E-state index in [0.29, 0.717) is 17.6 Å². The molecule has 0 unspecified atom stereocenters. The predicted molar refractivity (Wildman–Crippen MR) is 253 cm³/mol. The summed E-state index contributed by atoms with van der Waals surface area (Å²) in [6.45, 7) is 0. The van der Waals surface area contributed by atoms with Crippen molar-refractivity contribution in [2.75, 3.05) is 0 Å². The van der Waals surface area contributed by atoms with Crippen LogP contribution in [0.5, 0.6) is 0 Å². The Bertz CT molecular complexity index is 3610. The number of hydrogen-bond donors (Lipinski definition) is 0. The van der Waals surface area contributed by atoms with Gasteiger partial charge in [0, 0.05) is 49.5 Å². The lowest BCUT2D eigenvalue weighted by Gasteiger charge is -2.12. The third-order valence-electron chi connectivity index (χ3n) is 11.8. The minimum Gasteiger partial charge on any atom is -0.309 e. The fraction of sp³-hybridized carbons (Fsp3) is 0. The van der Waals surface area contributed by atoms with Crippen LogP contribution in [-0.2, 0) is 0 Å². The molecule has 0 saturated heterocycles. The molecule has 8 aromatic carbocycles. The van der Waals surface area contributed by atoms with Gasteiger partial charge in [-0.25, -0.2) is 9.97 Å². The van der Waals surface area contributed by atoms with Crippen molar-refractivity contribution in [3.63, 3.8) is 0 Å². The molecule has 0 fully saturated rings. The zero-order valence-corrected chi connectivity index (χ0v) is 33.5. The van der Waals surface area contributed by atoms with Gasteiger partial charge in [0.05, 0.1) is 33.5 Å². The van der Waals surface area contributed by atoms with E-state index in [1.165, 1.54) is 0 Å². The van der Waals surface area contributed by atoms with E-state index in [1.54, 1.807) is 0 Å². The molecule has 12 rings (SSSR count). The maximum atomic E-state index is 5.26. The zero-order chi connectivity index (χ0) is 41.0. The highest BCUT2D eigenvalue weighted by atomic mass is 15.2. The molecule has 62 heavy (non-hydrogen) atoms. The van der Waals surface area contributed by atoms with Crippen molar-refractivity contribution in [1.82, 2.24) is 29.1 Å². The molecule has 0 atom stereocenters. The molecule has 0 N–H and O–H groups in total. The van der Waals surface area contributed by atoms with E-state index >= 15 is 0 Å². The smallest absolute Gasteiger partial charge is 0.238 e. The fourth-order valence-electron chi connectivity index (χ4n) is 8.85. The van der Waals surface area contributed by atoms with Gasteiger partial charge >= 0.3 is 0 Å². The van der Waals surface area contributed by atoms with Crippen molar-refractivity contribution in [2.24, 2.45) is 0 Å². The van der Waals surface area contributed by atoms with Gasteiger partial charge in [-0.05, 0) is 59.7 Å². The first-order valence-corrected chi connectivity index (χ1v) is 20.8. The average Bonchev–Trinajstić information content (AvgIpc) is 3.86. The normalized spacial score (nSPS) is 11.5. The lowest BCUT2D eigenvalue weighted by atomic mass is 10.0. The van der Waals surface area contributed by atoms with Crippen LogP contribution in [0.2, 0.25) is 0 Å². The van der Waals surface area contributed by atoms with Crippen LogP contribution in [0, 0.1) is 0 Å². The first-order chi connectivity index (χ1) is 30.7. The molecule has 0 spiro atoms.